The van der Waals surface area contributed by atoms with Crippen LogP contribution in [0.25, 0.3) is 0 Å². The molecule has 51 heavy (non-hydrogen) atoms. The maximum absolute atomic E-state index is 13.5. The van der Waals surface area contributed by atoms with Gasteiger partial charge in [-0.2, -0.15) is 11.8 Å². The van der Waals surface area contributed by atoms with Gasteiger partial charge in [-0.15, -0.1) is 6.58 Å². The fourth-order valence-electron chi connectivity index (χ4n) is 5.41. The SMILES string of the molecule is C=CCO[C@H]1O[C@H](CNC(=O)[C@@H](Cc2ccc(O)cc2)NC(C)=O)C=C[C@@H]1CC(=O)N[C@@H](Cc1ccccc1)C(=O)N[C@@H](CCSC)C(=O)NC. The van der Waals surface area contributed by atoms with Crippen LogP contribution in [0.2, 0.25) is 0 Å². The van der Waals surface area contributed by atoms with Gasteiger partial charge >= 0.3 is 0 Å². The summed E-state index contributed by atoms with van der Waals surface area (Å²) in [4.78, 5) is 64.4. The van der Waals surface area contributed by atoms with Gasteiger partial charge in [0.1, 0.15) is 23.9 Å². The lowest BCUT2D eigenvalue weighted by molar-refractivity contribution is -0.182. The average molecular weight is 724 g/mol. The molecule has 2 aromatic rings. The van der Waals surface area contributed by atoms with Crippen LogP contribution in [0.15, 0.2) is 79.4 Å². The molecule has 1 heterocycles. The predicted molar refractivity (Wildman–Crippen MR) is 196 cm³/mol. The molecule has 0 bridgehead atoms. The Bertz CT molecular complexity index is 1490. The van der Waals surface area contributed by atoms with Crippen LogP contribution in [-0.4, -0.2) is 97.4 Å². The second-order valence-corrected chi connectivity index (χ2v) is 13.0. The number of rotatable bonds is 20. The molecule has 13 nitrogen and oxygen atoms in total. The first-order valence-electron chi connectivity index (χ1n) is 16.8. The van der Waals surface area contributed by atoms with E-state index in [0.29, 0.717) is 12.2 Å². The first-order chi connectivity index (χ1) is 24.5. The number of aromatic hydroxyl groups is 1. The lowest BCUT2D eigenvalue weighted by atomic mass is 9.99. The highest BCUT2D eigenvalue weighted by Gasteiger charge is 2.32. The number of nitrogens with one attached hydrogen (secondary N) is 5. The normalized spacial score (nSPS) is 18.4. The quantitative estimate of drug-likeness (QED) is 0.111. The van der Waals surface area contributed by atoms with Gasteiger partial charge in [-0.3, -0.25) is 24.0 Å². The Balaban J connectivity index is 1.68. The number of carbonyl (C=O) groups is 5. The van der Waals surface area contributed by atoms with Crippen molar-refractivity contribution in [3.05, 3.63) is 90.5 Å². The maximum Gasteiger partial charge on any atom is 0.243 e. The lowest BCUT2D eigenvalue weighted by Gasteiger charge is -2.32. The molecule has 0 aliphatic carbocycles. The molecule has 0 radical (unpaired) electrons. The van der Waals surface area contributed by atoms with Crippen molar-refractivity contribution in [2.24, 2.45) is 5.92 Å². The van der Waals surface area contributed by atoms with E-state index < -0.39 is 54.2 Å². The van der Waals surface area contributed by atoms with E-state index in [2.05, 4.69) is 33.2 Å². The molecule has 1 aliphatic heterocycles. The van der Waals surface area contributed by atoms with Crippen molar-refractivity contribution < 1.29 is 38.6 Å². The Labute approximate surface area is 303 Å². The van der Waals surface area contributed by atoms with Crippen LogP contribution in [0.1, 0.15) is 30.9 Å². The van der Waals surface area contributed by atoms with Crippen molar-refractivity contribution in [1.82, 2.24) is 26.6 Å². The summed E-state index contributed by atoms with van der Waals surface area (Å²) in [7, 11) is 1.51. The van der Waals surface area contributed by atoms with Crippen molar-refractivity contribution in [3.8, 4) is 5.75 Å². The van der Waals surface area contributed by atoms with Crippen LogP contribution in [0, 0.1) is 5.92 Å². The molecule has 1 aliphatic rings. The molecular formula is C37H49N5O8S. The van der Waals surface area contributed by atoms with Gasteiger partial charge in [0.15, 0.2) is 6.29 Å². The summed E-state index contributed by atoms with van der Waals surface area (Å²) in [5.74, 6) is -1.78. The highest BCUT2D eigenvalue weighted by atomic mass is 32.2. The molecule has 5 amide bonds. The first kappa shape index (κ1) is 40.8. The Morgan fingerprint density at radius 3 is 2.20 bits per heavy atom. The largest absolute Gasteiger partial charge is 0.508 e. The summed E-state index contributed by atoms with van der Waals surface area (Å²) in [5, 5.41) is 23.3. The average Bonchev–Trinajstić information content (AvgIpc) is 3.12. The van der Waals surface area contributed by atoms with Crippen molar-refractivity contribution in [3.63, 3.8) is 0 Å². The zero-order valence-corrected chi connectivity index (χ0v) is 30.1. The molecular weight excluding hydrogens is 675 g/mol. The molecule has 6 N–H and O–H groups in total. The fourth-order valence-corrected chi connectivity index (χ4v) is 5.88. The second-order valence-electron chi connectivity index (χ2n) is 12.1. The van der Waals surface area contributed by atoms with Crippen LogP contribution in [0.5, 0.6) is 5.75 Å². The highest BCUT2D eigenvalue weighted by molar-refractivity contribution is 7.98. The molecule has 0 spiro atoms. The van der Waals surface area contributed by atoms with Gasteiger partial charge < -0.3 is 41.2 Å². The molecule has 6 atom stereocenters. The third-order valence-corrected chi connectivity index (χ3v) is 8.65. The van der Waals surface area contributed by atoms with Crippen LogP contribution in [0.4, 0.5) is 0 Å². The topological polar surface area (TPSA) is 184 Å². The third-order valence-electron chi connectivity index (χ3n) is 8.00. The molecule has 0 aromatic heterocycles. The molecule has 276 valence electrons. The van der Waals surface area contributed by atoms with Gasteiger partial charge in [-0.05, 0) is 41.7 Å². The second kappa shape index (κ2) is 21.5. The maximum atomic E-state index is 13.5. The minimum atomic E-state index is -0.955. The number of phenols is 1. The number of ether oxygens (including phenoxy) is 2. The number of phenolic OH excluding ortho intramolecular Hbond substituents is 1. The molecule has 0 unspecified atom stereocenters. The summed E-state index contributed by atoms with van der Waals surface area (Å²) in [6, 6.07) is 13.1. The highest BCUT2D eigenvalue weighted by Crippen LogP contribution is 2.23. The number of benzene rings is 2. The van der Waals surface area contributed by atoms with E-state index in [9.17, 15) is 29.1 Å². The van der Waals surface area contributed by atoms with E-state index in [-0.39, 0.29) is 50.0 Å². The minimum absolute atomic E-state index is 0.0657. The summed E-state index contributed by atoms with van der Waals surface area (Å²) < 4.78 is 12.0. The van der Waals surface area contributed by atoms with E-state index in [4.69, 9.17) is 9.47 Å². The number of hydrogen-bond donors (Lipinski definition) is 6. The zero-order valence-electron chi connectivity index (χ0n) is 29.3. The van der Waals surface area contributed by atoms with Crippen LogP contribution in [0.3, 0.4) is 0 Å². The molecule has 0 saturated carbocycles. The predicted octanol–water partition coefficient (Wildman–Crippen LogP) is 1.76. The Morgan fingerprint density at radius 2 is 1.57 bits per heavy atom. The van der Waals surface area contributed by atoms with Crippen LogP contribution < -0.4 is 26.6 Å². The van der Waals surface area contributed by atoms with Crippen molar-refractivity contribution >= 4 is 41.3 Å². The Morgan fingerprint density at radius 1 is 0.902 bits per heavy atom. The van der Waals surface area contributed by atoms with E-state index in [1.54, 1.807) is 42.1 Å². The Kier molecular flexibility index (Phi) is 17.2. The Hall–Kier alpha value is -4.66. The van der Waals surface area contributed by atoms with Gasteiger partial charge in [-0.1, -0.05) is 60.7 Å². The monoisotopic (exact) mass is 723 g/mol. The summed E-state index contributed by atoms with van der Waals surface area (Å²) in [6.07, 6.45) is 6.29. The molecule has 2 aromatic carbocycles. The lowest BCUT2D eigenvalue weighted by Crippen LogP contribution is -2.54. The summed E-state index contributed by atoms with van der Waals surface area (Å²) in [5.41, 5.74) is 1.58. The molecule has 14 heteroatoms. The standard InChI is InChI=1S/C37H49N5O8S/c1-5-18-49-37-27(13-16-29(50-37)23-39-35(47)31(40-24(2)43)21-26-11-14-28(44)15-12-26)22-33(45)41-32(20-25-9-7-6-8-10-25)36(48)42-30(17-19-51-4)34(46)38-3/h5-16,27,29-32,37,44H,1,17-23H2,2-4H3,(H,38,46)(H,39,47)(H,40,43)(H,41,45)(H,42,48)/t27-,29+,30+,31-,32+,37+/m1/s1. The van der Waals surface area contributed by atoms with Crippen molar-refractivity contribution in [2.75, 3.05) is 32.2 Å². The fraction of sp³-hybridized carbons (Fsp3) is 0.432. The van der Waals surface area contributed by atoms with Crippen molar-refractivity contribution in [2.45, 2.75) is 63.1 Å². The third kappa shape index (κ3) is 14.2. The number of carbonyl (C=O) groups excluding carboxylic acids is 5. The van der Waals surface area contributed by atoms with Crippen LogP contribution >= 0.6 is 11.8 Å². The van der Waals surface area contributed by atoms with Gasteiger partial charge in [0.25, 0.3) is 0 Å². The van der Waals surface area contributed by atoms with Gasteiger partial charge in [-0.25, -0.2) is 0 Å². The van der Waals surface area contributed by atoms with Gasteiger partial charge in [0, 0.05) is 45.7 Å². The number of likely N-dealkylation sites (N-methyl/N-ethyl adjacent to an activating group) is 1. The number of thioether (sulfide) groups is 1. The smallest absolute Gasteiger partial charge is 0.243 e. The summed E-state index contributed by atoms with van der Waals surface area (Å²) in [6.45, 7) is 5.23. The molecule has 0 saturated heterocycles. The van der Waals surface area contributed by atoms with E-state index in [1.807, 2.05) is 36.6 Å². The van der Waals surface area contributed by atoms with Gasteiger partial charge in [0.2, 0.25) is 29.5 Å². The number of hydrogen-bond acceptors (Lipinski definition) is 9. The molecule has 0 fully saturated rings. The van der Waals surface area contributed by atoms with Crippen LogP contribution in [-0.2, 0) is 46.3 Å². The minimum Gasteiger partial charge on any atom is -0.508 e. The van der Waals surface area contributed by atoms with E-state index in [1.165, 1.54) is 26.1 Å². The molecule has 3 rings (SSSR count). The number of amides is 5. The van der Waals surface area contributed by atoms with Gasteiger partial charge in [0.05, 0.1) is 12.7 Å². The van der Waals surface area contributed by atoms with E-state index >= 15 is 0 Å². The first-order valence-corrected chi connectivity index (χ1v) is 18.2. The zero-order chi connectivity index (χ0) is 37.2. The summed E-state index contributed by atoms with van der Waals surface area (Å²) >= 11 is 1.56. The van der Waals surface area contributed by atoms with Crippen molar-refractivity contribution in [1.29, 1.82) is 0 Å². The van der Waals surface area contributed by atoms with E-state index in [0.717, 1.165) is 11.1 Å².